The minimum atomic E-state index is -0.279. The Hall–Kier alpha value is -0.860. The molecule has 3 heteroatoms. The van der Waals surface area contributed by atoms with Crippen molar-refractivity contribution in [2.75, 3.05) is 14.1 Å². The topological polar surface area (TPSA) is 20.3 Å². The molecule has 0 unspecified atom stereocenters. The zero-order valence-corrected chi connectivity index (χ0v) is 13.2. The normalized spacial score (nSPS) is 18.8. The molecule has 1 aromatic carbocycles. The third-order valence-electron chi connectivity index (χ3n) is 4.56. The van der Waals surface area contributed by atoms with Crippen LogP contribution >= 0.6 is 11.6 Å². The number of hydrogen-bond acceptors (Lipinski definition) is 2. The van der Waals surface area contributed by atoms with E-state index in [0.717, 1.165) is 31.2 Å². The number of halogens is 1. The van der Waals surface area contributed by atoms with E-state index in [2.05, 4.69) is 4.90 Å². The highest BCUT2D eigenvalue weighted by atomic mass is 35.5. The van der Waals surface area contributed by atoms with Crippen LogP contribution in [0, 0.1) is 0 Å². The van der Waals surface area contributed by atoms with Crippen LogP contribution in [0.4, 0.5) is 0 Å². The lowest BCUT2D eigenvalue weighted by molar-refractivity contribution is -0.130. The van der Waals surface area contributed by atoms with Gasteiger partial charge in [-0.2, -0.15) is 0 Å². The second-order valence-corrected chi connectivity index (χ2v) is 6.51. The van der Waals surface area contributed by atoms with Crippen molar-refractivity contribution in [3.05, 3.63) is 34.9 Å². The maximum Gasteiger partial charge on any atom is 0.157 e. The Labute approximate surface area is 127 Å². The maximum atomic E-state index is 12.9. The number of benzene rings is 1. The highest BCUT2D eigenvalue weighted by Gasteiger charge is 2.39. The first-order chi connectivity index (χ1) is 9.54. The molecule has 0 N–H and O–H groups in total. The van der Waals surface area contributed by atoms with Crippen LogP contribution in [0.3, 0.4) is 0 Å². The van der Waals surface area contributed by atoms with E-state index in [1.54, 1.807) is 0 Å². The van der Waals surface area contributed by atoms with E-state index >= 15 is 0 Å². The van der Waals surface area contributed by atoms with Crippen molar-refractivity contribution in [3.63, 3.8) is 0 Å². The molecule has 0 spiro atoms. The van der Waals surface area contributed by atoms with E-state index < -0.39 is 0 Å². The number of carbonyl (C=O) groups excluding carboxylic acids is 1. The standard InChI is InChI=1S/C17H24ClNO/c1-19(2)17(10-5-3-4-6-11-17)16(20)13-14-8-7-9-15(18)12-14/h7-9,12H,3-6,10-11,13H2,1-2H3. The van der Waals surface area contributed by atoms with Gasteiger partial charge in [-0.3, -0.25) is 9.69 Å². The van der Waals surface area contributed by atoms with Crippen LogP contribution < -0.4 is 0 Å². The van der Waals surface area contributed by atoms with Crippen LogP contribution in [0.2, 0.25) is 5.02 Å². The summed E-state index contributed by atoms with van der Waals surface area (Å²) in [5.41, 5.74) is 0.742. The van der Waals surface area contributed by atoms with E-state index in [4.69, 9.17) is 11.6 Å². The minimum absolute atomic E-state index is 0.279. The SMILES string of the molecule is CN(C)C1(C(=O)Cc2cccc(Cl)c2)CCCCCC1. The Kier molecular flexibility index (Phi) is 5.22. The molecule has 0 bridgehead atoms. The lowest BCUT2D eigenvalue weighted by atomic mass is 9.82. The predicted molar refractivity (Wildman–Crippen MR) is 84.3 cm³/mol. The first-order valence-electron chi connectivity index (χ1n) is 7.50. The summed E-state index contributed by atoms with van der Waals surface area (Å²) < 4.78 is 0. The smallest absolute Gasteiger partial charge is 0.157 e. The van der Waals surface area contributed by atoms with Crippen molar-refractivity contribution in [1.82, 2.24) is 4.90 Å². The molecule has 1 aliphatic carbocycles. The number of hydrogen-bond donors (Lipinski definition) is 0. The lowest BCUT2D eigenvalue weighted by Crippen LogP contribution is -2.51. The molecule has 2 rings (SSSR count). The Bertz CT molecular complexity index is 462. The predicted octanol–water partition coefficient (Wildman–Crippen LogP) is 4.11. The van der Waals surface area contributed by atoms with Crippen molar-refractivity contribution in [1.29, 1.82) is 0 Å². The van der Waals surface area contributed by atoms with Crippen molar-refractivity contribution in [2.24, 2.45) is 0 Å². The largest absolute Gasteiger partial charge is 0.297 e. The molecule has 20 heavy (non-hydrogen) atoms. The van der Waals surface area contributed by atoms with Gasteiger partial charge in [-0.15, -0.1) is 0 Å². The highest BCUT2D eigenvalue weighted by Crippen LogP contribution is 2.33. The molecule has 1 aliphatic rings. The van der Waals surface area contributed by atoms with E-state index in [1.807, 2.05) is 38.4 Å². The van der Waals surface area contributed by atoms with Gasteiger partial charge in [-0.1, -0.05) is 49.4 Å². The molecule has 0 amide bonds. The van der Waals surface area contributed by atoms with Gasteiger partial charge in [0.2, 0.25) is 0 Å². The first kappa shape index (κ1) is 15.5. The van der Waals surface area contributed by atoms with Gasteiger partial charge in [-0.25, -0.2) is 0 Å². The summed E-state index contributed by atoms with van der Waals surface area (Å²) >= 11 is 6.02. The third kappa shape index (κ3) is 3.42. The molecule has 1 fully saturated rings. The molecule has 110 valence electrons. The fourth-order valence-electron chi connectivity index (χ4n) is 3.29. The summed E-state index contributed by atoms with van der Waals surface area (Å²) in [6.07, 6.45) is 7.26. The molecular weight excluding hydrogens is 270 g/mol. The molecular formula is C17H24ClNO. The summed E-state index contributed by atoms with van der Waals surface area (Å²) in [6, 6.07) is 7.66. The Morgan fingerprint density at radius 1 is 1.20 bits per heavy atom. The van der Waals surface area contributed by atoms with Crippen LogP contribution in [0.25, 0.3) is 0 Å². The third-order valence-corrected chi connectivity index (χ3v) is 4.79. The molecule has 0 saturated heterocycles. The average molecular weight is 294 g/mol. The van der Waals surface area contributed by atoms with Crippen molar-refractivity contribution >= 4 is 17.4 Å². The van der Waals surface area contributed by atoms with E-state index in [0.29, 0.717) is 17.2 Å². The van der Waals surface area contributed by atoms with E-state index in [-0.39, 0.29) is 5.54 Å². The van der Waals surface area contributed by atoms with Crippen LogP contribution in [-0.4, -0.2) is 30.3 Å². The lowest BCUT2D eigenvalue weighted by Gasteiger charge is -2.38. The number of likely N-dealkylation sites (N-methyl/N-ethyl adjacent to an activating group) is 1. The van der Waals surface area contributed by atoms with Crippen LogP contribution in [-0.2, 0) is 11.2 Å². The van der Waals surface area contributed by atoms with Crippen molar-refractivity contribution < 1.29 is 4.79 Å². The molecule has 1 aromatic rings. The van der Waals surface area contributed by atoms with E-state index in [1.165, 1.54) is 12.8 Å². The monoisotopic (exact) mass is 293 g/mol. The summed E-state index contributed by atoms with van der Waals surface area (Å²) in [5.74, 6) is 0.340. The van der Waals surface area contributed by atoms with Gasteiger partial charge in [0.05, 0.1) is 5.54 Å². The number of carbonyl (C=O) groups is 1. The molecule has 0 radical (unpaired) electrons. The number of ketones is 1. The summed E-state index contributed by atoms with van der Waals surface area (Å²) in [6.45, 7) is 0. The molecule has 0 aliphatic heterocycles. The van der Waals surface area contributed by atoms with Crippen molar-refractivity contribution in [2.45, 2.75) is 50.5 Å². The average Bonchev–Trinajstić information content (AvgIpc) is 2.65. The second-order valence-electron chi connectivity index (χ2n) is 6.07. The minimum Gasteiger partial charge on any atom is -0.297 e. The Balaban J connectivity index is 2.18. The Morgan fingerprint density at radius 3 is 2.40 bits per heavy atom. The van der Waals surface area contributed by atoms with Gasteiger partial charge >= 0.3 is 0 Å². The van der Waals surface area contributed by atoms with Crippen LogP contribution in [0.15, 0.2) is 24.3 Å². The second kappa shape index (κ2) is 6.73. The van der Waals surface area contributed by atoms with Crippen molar-refractivity contribution in [3.8, 4) is 0 Å². The first-order valence-corrected chi connectivity index (χ1v) is 7.87. The van der Waals surface area contributed by atoms with Gasteiger partial charge in [0, 0.05) is 11.4 Å². The molecule has 2 nitrogen and oxygen atoms in total. The zero-order valence-electron chi connectivity index (χ0n) is 12.5. The van der Waals surface area contributed by atoms with Gasteiger partial charge in [0.25, 0.3) is 0 Å². The fourth-order valence-corrected chi connectivity index (χ4v) is 3.50. The zero-order chi connectivity index (χ0) is 14.6. The summed E-state index contributed by atoms with van der Waals surface area (Å²) in [7, 11) is 4.09. The quantitative estimate of drug-likeness (QED) is 0.779. The Morgan fingerprint density at radius 2 is 1.85 bits per heavy atom. The van der Waals surface area contributed by atoms with E-state index in [9.17, 15) is 4.79 Å². The number of nitrogens with zero attached hydrogens (tertiary/aromatic N) is 1. The summed E-state index contributed by atoms with van der Waals surface area (Å²) in [4.78, 5) is 15.1. The maximum absolute atomic E-state index is 12.9. The summed E-state index contributed by atoms with van der Waals surface area (Å²) in [5, 5.41) is 0.704. The van der Waals surface area contributed by atoms with Gasteiger partial charge in [0.15, 0.2) is 5.78 Å². The van der Waals surface area contributed by atoms with Gasteiger partial charge in [-0.05, 0) is 44.6 Å². The molecule has 1 saturated carbocycles. The number of Topliss-reactive ketones (excluding diaryl/α,β-unsaturated/α-hetero) is 1. The van der Waals surface area contributed by atoms with Crippen LogP contribution in [0.1, 0.15) is 44.1 Å². The molecule has 0 atom stereocenters. The number of rotatable bonds is 4. The fraction of sp³-hybridized carbons (Fsp3) is 0.588. The van der Waals surface area contributed by atoms with Crippen LogP contribution in [0.5, 0.6) is 0 Å². The molecule has 0 aromatic heterocycles. The van der Waals surface area contributed by atoms with Gasteiger partial charge < -0.3 is 0 Å². The van der Waals surface area contributed by atoms with Gasteiger partial charge in [0.1, 0.15) is 0 Å². The highest BCUT2D eigenvalue weighted by molar-refractivity contribution is 6.30. The molecule has 0 heterocycles.